The average molecular weight is 311 g/mol. The molecule has 1 aromatic carbocycles. The Morgan fingerprint density at radius 3 is 2.32 bits per heavy atom. The summed E-state index contributed by atoms with van der Waals surface area (Å²) in [5.41, 5.74) is 1.33. The van der Waals surface area contributed by atoms with Gasteiger partial charge in [-0.1, -0.05) is 35.5 Å². The highest BCUT2D eigenvalue weighted by molar-refractivity contribution is 6.00. The van der Waals surface area contributed by atoms with Crippen molar-refractivity contribution in [2.75, 3.05) is 13.7 Å². The van der Waals surface area contributed by atoms with Crippen molar-refractivity contribution in [2.45, 2.75) is 36.9 Å². The van der Waals surface area contributed by atoms with Gasteiger partial charge in [0.2, 0.25) is 0 Å². The fraction of sp³-hybridized carbons (Fsp3) is 0.533. The second-order valence-electron chi connectivity index (χ2n) is 5.16. The van der Waals surface area contributed by atoms with Crippen molar-refractivity contribution >= 4 is 5.71 Å². The second kappa shape index (κ2) is 7.66. The molecule has 1 fully saturated rings. The Bertz CT molecular complexity index is 492. The second-order valence-corrected chi connectivity index (χ2v) is 5.16. The number of nitrogens with zero attached hydrogens (tertiary/aromatic N) is 1. The molecule has 4 N–H and O–H groups in total. The molecular weight excluding hydrogens is 290 g/mol. The lowest BCUT2D eigenvalue weighted by molar-refractivity contribution is -0.227. The third-order valence-electron chi connectivity index (χ3n) is 3.69. The molecule has 1 aliphatic rings. The molecule has 0 aliphatic carbocycles. The van der Waals surface area contributed by atoms with E-state index in [9.17, 15) is 20.4 Å². The number of aliphatic hydroxyl groups excluding tert-OH is 4. The standard InChI is InChI=1S/C15H21NO6/c1-21-16-10(9-5-3-2-4-6-9)7-11-13(18)15(20)14(19)12(8-17)22-11/h2-6,11-15,17-20H,7-8H2,1H3/b16-10-/t11-,12+,13+,14+,15+/m0/s1. The highest BCUT2D eigenvalue weighted by Crippen LogP contribution is 2.24. The highest BCUT2D eigenvalue weighted by Gasteiger charge is 2.43. The van der Waals surface area contributed by atoms with E-state index in [4.69, 9.17) is 9.57 Å². The van der Waals surface area contributed by atoms with Gasteiger partial charge in [-0.3, -0.25) is 0 Å². The lowest BCUT2D eigenvalue weighted by Crippen LogP contribution is -2.58. The normalized spacial score (nSPS) is 32.8. The number of benzene rings is 1. The molecule has 0 aromatic heterocycles. The predicted octanol–water partition coefficient (Wildman–Crippen LogP) is -0.730. The molecule has 0 radical (unpaired) electrons. The Morgan fingerprint density at radius 2 is 1.73 bits per heavy atom. The summed E-state index contributed by atoms with van der Waals surface area (Å²) >= 11 is 0. The fourth-order valence-corrected chi connectivity index (χ4v) is 2.49. The number of hydrogen-bond donors (Lipinski definition) is 4. The Balaban J connectivity index is 2.17. The van der Waals surface area contributed by atoms with Crippen molar-refractivity contribution in [3.63, 3.8) is 0 Å². The van der Waals surface area contributed by atoms with Gasteiger partial charge in [0, 0.05) is 6.42 Å². The van der Waals surface area contributed by atoms with Crippen molar-refractivity contribution in [1.82, 2.24) is 0 Å². The molecule has 1 aromatic rings. The number of rotatable bonds is 5. The number of aliphatic hydroxyl groups is 4. The molecule has 1 aliphatic heterocycles. The number of ether oxygens (including phenoxy) is 1. The third kappa shape index (κ3) is 3.63. The SMILES string of the molecule is CO/N=C(/C[C@@H]1O[C@H](CO)[C@@H](O)[C@H](O)[C@@H]1O)c1ccccc1. The van der Waals surface area contributed by atoms with Crippen LogP contribution in [0.3, 0.4) is 0 Å². The summed E-state index contributed by atoms with van der Waals surface area (Å²) in [7, 11) is 1.41. The van der Waals surface area contributed by atoms with Crippen LogP contribution in [0.1, 0.15) is 12.0 Å². The molecule has 5 atom stereocenters. The minimum atomic E-state index is -1.39. The Hall–Kier alpha value is -1.51. The van der Waals surface area contributed by atoms with Gasteiger partial charge in [-0.05, 0) is 5.56 Å². The zero-order valence-corrected chi connectivity index (χ0v) is 12.2. The first-order valence-electron chi connectivity index (χ1n) is 7.04. The monoisotopic (exact) mass is 311 g/mol. The maximum absolute atomic E-state index is 10.1. The van der Waals surface area contributed by atoms with Crippen LogP contribution in [-0.4, -0.2) is 70.4 Å². The van der Waals surface area contributed by atoms with Gasteiger partial charge in [0.25, 0.3) is 0 Å². The molecule has 0 spiro atoms. The van der Waals surface area contributed by atoms with Gasteiger partial charge in [-0.25, -0.2) is 0 Å². The van der Waals surface area contributed by atoms with Crippen LogP contribution in [0.2, 0.25) is 0 Å². The van der Waals surface area contributed by atoms with E-state index in [0.29, 0.717) is 5.71 Å². The smallest absolute Gasteiger partial charge is 0.111 e. The Kier molecular flexibility index (Phi) is 5.87. The summed E-state index contributed by atoms with van der Waals surface area (Å²) in [5, 5.41) is 42.8. The van der Waals surface area contributed by atoms with E-state index in [1.807, 2.05) is 30.3 Å². The van der Waals surface area contributed by atoms with E-state index in [1.165, 1.54) is 7.11 Å². The van der Waals surface area contributed by atoms with E-state index in [2.05, 4.69) is 5.16 Å². The van der Waals surface area contributed by atoms with Gasteiger partial charge in [0.1, 0.15) is 31.5 Å². The van der Waals surface area contributed by atoms with Crippen molar-refractivity contribution in [1.29, 1.82) is 0 Å². The molecule has 0 saturated carbocycles. The van der Waals surface area contributed by atoms with Gasteiger partial charge in [0.15, 0.2) is 0 Å². The van der Waals surface area contributed by atoms with Crippen molar-refractivity contribution < 1.29 is 30.0 Å². The van der Waals surface area contributed by atoms with Crippen LogP contribution in [0.4, 0.5) is 0 Å². The summed E-state index contributed by atoms with van der Waals surface area (Å²) in [5.74, 6) is 0. The van der Waals surface area contributed by atoms with Crippen molar-refractivity contribution in [2.24, 2.45) is 5.16 Å². The molecule has 0 amide bonds. The first-order chi connectivity index (χ1) is 10.6. The fourth-order valence-electron chi connectivity index (χ4n) is 2.49. The Labute approximate surface area is 128 Å². The maximum atomic E-state index is 10.1. The Morgan fingerprint density at radius 1 is 1.09 bits per heavy atom. The predicted molar refractivity (Wildman–Crippen MR) is 78.4 cm³/mol. The topological polar surface area (TPSA) is 112 Å². The quantitative estimate of drug-likeness (QED) is 0.421. The maximum Gasteiger partial charge on any atom is 0.111 e. The molecule has 22 heavy (non-hydrogen) atoms. The molecule has 1 heterocycles. The van der Waals surface area contributed by atoms with E-state index in [1.54, 1.807) is 0 Å². The van der Waals surface area contributed by atoms with Crippen LogP contribution in [-0.2, 0) is 9.57 Å². The van der Waals surface area contributed by atoms with Gasteiger partial charge < -0.3 is 30.0 Å². The zero-order chi connectivity index (χ0) is 16.1. The van der Waals surface area contributed by atoms with Crippen LogP contribution in [0.25, 0.3) is 0 Å². The van der Waals surface area contributed by atoms with E-state index in [-0.39, 0.29) is 6.42 Å². The molecule has 2 rings (SSSR count). The molecule has 0 bridgehead atoms. The summed E-state index contributed by atoms with van der Waals surface area (Å²) in [6.45, 7) is -0.455. The molecular formula is C15H21NO6. The molecule has 122 valence electrons. The summed E-state index contributed by atoms with van der Waals surface area (Å²) in [6, 6.07) is 9.22. The van der Waals surface area contributed by atoms with Gasteiger partial charge in [-0.2, -0.15) is 0 Å². The third-order valence-corrected chi connectivity index (χ3v) is 3.69. The van der Waals surface area contributed by atoms with Crippen LogP contribution < -0.4 is 0 Å². The van der Waals surface area contributed by atoms with Crippen LogP contribution in [0.5, 0.6) is 0 Å². The molecule has 7 nitrogen and oxygen atoms in total. The van der Waals surface area contributed by atoms with Crippen molar-refractivity contribution in [3.8, 4) is 0 Å². The van der Waals surface area contributed by atoms with Crippen LogP contribution in [0, 0.1) is 0 Å². The minimum Gasteiger partial charge on any atom is -0.399 e. The lowest BCUT2D eigenvalue weighted by Gasteiger charge is -2.40. The van der Waals surface area contributed by atoms with Gasteiger partial charge >= 0.3 is 0 Å². The average Bonchev–Trinajstić information content (AvgIpc) is 2.55. The minimum absolute atomic E-state index is 0.166. The summed E-state index contributed by atoms with van der Waals surface area (Å²) in [4.78, 5) is 4.83. The van der Waals surface area contributed by atoms with Gasteiger partial charge in [-0.15, -0.1) is 0 Å². The molecule has 1 saturated heterocycles. The number of oxime groups is 1. The molecule has 7 heteroatoms. The largest absolute Gasteiger partial charge is 0.399 e. The first-order valence-corrected chi connectivity index (χ1v) is 7.04. The lowest BCUT2D eigenvalue weighted by atomic mass is 9.91. The highest BCUT2D eigenvalue weighted by atomic mass is 16.6. The summed E-state index contributed by atoms with van der Waals surface area (Å²) in [6.07, 6.45) is -5.62. The van der Waals surface area contributed by atoms with E-state index < -0.39 is 37.1 Å². The van der Waals surface area contributed by atoms with E-state index >= 15 is 0 Å². The zero-order valence-electron chi connectivity index (χ0n) is 12.2. The number of hydrogen-bond acceptors (Lipinski definition) is 7. The van der Waals surface area contributed by atoms with Crippen molar-refractivity contribution in [3.05, 3.63) is 35.9 Å². The van der Waals surface area contributed by atoms with E-state index in [0.717, 1.165) is 5.56 Å². The molecule has 0 unspecified atom stereocenters. The van der Waals surface area contributed by atoms with Crippen LogP contribution >= 0.6 is 0 Å². The summed E-state index contributed by atoms with van der Waals surface area (Å²) < 4.78 is 5.48. The first kappa shape index (κ1) is 16.9. The van der Waals surface area contributed by atoms with Crippen LogP contribution in [0.15, 0.2) is 35.5 Å². The van der Waals surface area contributed by atoms with Gasteiger partial charge in [0.05, 0.1) is 18.4 Å².